The lowest BCUT2D eigenvalue weighted by atomic mass is 10.1. The molecule has 0 aliphatic carbocycles. The Hall–Kier alpha value is -3.06. The van der Waals surface area contributed by atoms with Gasteiger partial charge in [-0.15, -0.1) is 0 Å². The first-order valence-electron chi connectivity index (χ1n) is 9.47. The van der Waals surface area contributed by atoms with E-state index in [1.54, 1.807) is 36.4 Å². The van der Waals surface area contributed by atoms with Crippen molar-refractivity contribution < 1.29 is 19.1 Å². The summed E-state index contributed by atoms with van der Waals surface area (Å²) in [6, 6.07) is 20.2. The van der Waals surface area contributed by atoms with Gasteiger partial charge in [0.1, 0.15) is 5.75 Å². The molecule has 0 spiro atoms. The quantitative estimate of drug-likeness (QED) is 0.237. The first kappa shape index (κ1) is 22.1. The van der Waals surface area contributed by atoms with Crippen molar-refractivity contribution in [1.82, 2.24) is 4.90 Å². The SMILES string of the molecule is O=C(Oc1ccc(Cl)cc1/C=C1\SC(=O)N(Cc2ccccc2)C1=O)c1ccc(Cl)cc1. The van der Waals surface area contributed by atoms with Gasteiger partial charge in [0.25, 0.3) is 11.1 Å². The molecule has 1 saturated heterocycles. The molecule has 0 unspecified atom stereocenters. The predicted octanol–water partition coefficient (Wildman–Crippen LogP) is 6.45. The van der Waals surface area contributed by atoms with Crippen LogP contribution in [-0.2, 0) is 11.3 Å². The Morgan fingerprint density at radius 3 is 2.34 bits per heavy atom. The van der Waals surface area contributed by atoms with Gasteiger partial charge in [0, 0.05) is 15.6 Å². The number of hydrogen-bond acceptors (Lipinski definition) is 5. The number of halogens is 2. The molecule has 0 bridgehead atoms. The largest absolute Gasteiger partial charge is 0.422 e. The van der Waals surface area contributed by atoms with Crippen molar-refractivity contribution in [3.63, 3.8) is 0 Å². The smallest absolute Gasteiger partial charge is 0.343 e. The van der Waals surface area contributed by atoms with Crippen LogP contribution in [0.5, 0.6) is 5.75 Å². The van der Waals surface area contributed by atoms with Gasteiger partial charge in [-0.1, -0.05) is 53.5 Å². The topological polar surface area (TPSA) is 63.7 Å². The maximum absolute atomic E-state index is 12.9. The van der Waals surface area contributed by atoms with Crippen molar-refractivity contribution in [2.45, 2.75) is 6.54 Å². The highest BCUT2D eigenvalue weighted by molar-refractivity contribution is 8.18. The third kappa shape index (κ3) is 5.05. The maximum atomic E-state index is 12.9. The number of hydrogen-bond donors (Lipinski definition) is 0. The Morgan fingerprint density at radius 1 is 0.938 bits per heavy atom. The van der Waals surface area contributed by atoms with Gasteiger partial charge in [-0.2, -0.15) is 0 Å². The van der Waals surface area contributed by atoms with Crippen LogP contribution < -0.4 is 4.74 Å². The molecule has 3 aromatic rings. The van der Waals surface area contributed by atoms with E-state index in [2.05, 4.69) is 0 Å². The highest BCUT2D eigenvalue weighted by Crippen LogP contribution is 2.35. The predicted molar refractivity (Wildman–Crippen MR) is 126 cm³/mol. The molecular weight excluding hydrogens is 469 g/mol. The van der Waals surface area contributed by atoms with E-state index in [4.69, 9.17) is 27.9 Å². The van der Waals surface area contributed by atoms with Gasteiger partial charge in [-0.3, -0.25) is 14.5 Å². The van der Waals surface area contributed by atoms with Gasteiger partial charge < -0.3 is 4.74 Å². The summed E-state index contributed by atoms with van der Waals surface area (Å²) >= 11 is 12.8. The molecule has 0 atom stereocenters. The van der Waals surface area contributed by atoms with Crippen LogP contribution in [-0.4, -0.2) is 22.0 Å². The van der Waals surface area contributed by atoms with Crippen LogP contribution in [0.2, 0.25) is 10.0 Å². The fourth-order valence-electron chi connectivity index (χ4n) is 3.01. The molecule has 0 radical (unpaired) electrons. The zero-order valence-corrected chi connectivity index (χ0v) is 18.8. The molecule has 0 aromatic heterocycles. The highest BCUT2D eigenvalue weighted by atomic mass is 35.5. The molecule has 2 amide bonds. The number of benzene rings is 3. The van der Waals surface area contributed by atoms with E-state index in [1.165, 1.54) is 17.0 Å². The van der Waals surface area contributed by atoms with Crippen LogP contribution in [0.15, 0.2) is 77.7 Å². The second-order valence-corrected chi connectivity index (χ2v) is 8.70. The number of carbonyl (C=O) groups excluding carboxylic acids is 3. The Bertz CT molecular complexity index is 1230. The lowest BCUT2D eigenvalue weighted by Crippen LogP contribution is -2.27. The fraction of sp³-hybridized carbons (Fsp3) is 0.0417. The standard InChI is InChI=1S/C24H15Cl2NO4S/c25-18-8-6-16(7-9-18)23(29)31-20-11-10-19(26)12-17(20)13-21-22(28)27(24(30)32-21)14-15-4-2-1-3-5-15/h1-13H,14H2/b21-13-. The number of nitrogens with zero attached hydrogens (tertiary/aromatic N) is 1. The molecule has 0 N–H and O–H groups in total. The summed E-state index contributed by atoms with van der Waals surface area (Å²) in [6.07, 6.45) is 1.51. The van der Waals surface area contributed by atoms with E-state index >= 15 is 0 Å². The lowest BCUT2D eigenvalue weighted by molar-refractivity contribution is -0.123. The van der Waals surface area contributed by atoms with Crippen molar-refractivity contribution >= 4 is 58.2 Å². The Kier molecular flexibility index (Phi) is 6.65. The molecule has 1 aliphatic rings. The molecule has 1 heterocycles. The number of amides is 2. The van der Waals surface area contributed by atoms with Crippen molar-refractivity contribution in [3.05, 3.63) is 104 Å². The van der Waals surface area contributed by atoms with E-state index in [0.29, 0.717) is 21.2 Å². The molecule has 1 aliphatic heterocycles. The molecular formula is C24H15Cl2NO4S. The van der Waals surface area contributed by atoms with Crippen LogP contribution in [0.3, 0.4) is 0 Å². The zero-order chi connectivity index (χ0) is 22.7. The number of esters is 1. The summed E-state index contributed by atoms with van der Waals surface area (Å²) in [5, 5.41) is 0.526. The third-order valence-corrected chi connectivity index (χ3v) is 5.99. The van der Waals surface area contributed by atoms with E-state index < -0.39 is 11.9 Å². The Morgan fingerprint density at radius 2 is 1.62 bits per heavy atom. The number of rotatable bonds is 5. The lowest BCUT2D eigenvalue weighted by Gasteiger charge is -2.12. The highest BCUT2D eigenvalue weighted by Gasteiger charge is 2.35. The van der Waals surface area contributed by atoms with Crippen molar-refractivity contribution in [1.29, 1.82) is 0 Å². The van der Waals surface area contributed by atoms with Crippen LogP contribution in [0.1, 0.15) is 21.5 Å². The van der Waals surface area contributed by atoms with Gasteiger partial charge in [-0.05, 0) is 65.9 Å². The van der Waals surface area contributed by atoms with E-state index in [0.717, 1.165) is 17.3 Å². The molecule has 0 saturated carbocycles. The van der Waals surface area contributed by atoms with Gasteiger partial charge in [0.15, 0.2) is 0 Å². The van der Waals surface area contributed by atoms with E-state index in [9.17, 15) is 14.4 Å². The van der Waals surface area contributed by atoms with E-state index in [1.807, 2.05) is 30.3 Å². The number of ether oxygens (including phenoxy) is 1. The van der Waals surface area contributed by atoms with Gasteiger partial charge >= 0.3 is 5.97 Å². The van der Waals surface area contributed by atoms with Gasteiger partial charge in [0.05, 0.1) is 17.0 Å². The minimum absolute atomic E-state index is 0.177. The molecule has 8 heteroatoms. The summed E-state index contributed by atoms with van der Waals surface area (Å²) in [5.41, 5.74) is 1.57. The Balaban J connectivity index is 1.59. The van der Waals surface area contributed by atoms with Crippen molar-refractivity contribution in [3.8, 4) is 5.75 Å². The monoisotopic (exact) mass is 483 g/mol. The molecule has 32 heavy (non-hydrogen) atoms. The molecule has 1 fully saturated rings. The van der Waals surface area contributed by atoms with Crippen LogP contribution >= 0.6 is 35.0 Å². The fourth-order valence-corrected chi connectivity index (χ4v) is 4.15. The van der Waals surface area contributed by atoms with Crippen LogP contribution in [0.25, 0.3) is 6.08 Å². The number of imide groups is 1. The second kappa shape index (κ2) is 9.61. The normalized spacial score (nSPS) is 14.8. The van der Waals surface area contributed by atoms with Crippen LogP contribution in [0.4, 0.5) is 4.79 Å². The first-order valence-corrected chi connectivity index (χ1v) is 11.0. The maximum Gasteiger partial charge on any atom is 0.343 e. The number of thioether (sulfide) groups is 1. The van der Waals surface area contributed by atoms with Crippen LogP contribution in [0, 0.1) is 0 Å². The second-order valence-electron chi connectivity index (χ2n) is 6.83. The zero-order valence-electron chi connectivity index (χ0n) is 16.5. The molecule has 160 valence electrons. The van der Waals surface area contributed by atoms with Crippen molar-refractivity contribution in [2.75, 3.05) is 0 Å². The summed E-state index contributed by atoms with van der Waals surface area (Å²) in [5.74, 6) is -0.793. The minimum atomic E-state index is -0.587. The number of carbonyl (C=O) groups is 3. The van der Waals surface area contributed by atoms with E-state index in [-0.39, 0.29) is 22.4 Å². The average Bonchev–Trinajstić information content (AvgIpc) is 3.04. The molecule has 4 rings (SSSR count). The first-order chi connectivity index (χ1) is 15.4. The molecule has 5 nitrogen and oxygen atoms in total. The molecule has 3 aromatic carbocycles. The summed E-state index contributed by atoms with van der Waals surface area (Å²) in [4.78, 5) is 39.2. The Labute approximate surface area is 198 Å². The third-order valence-electron chi connectivity index (χ3n) is 4.60. The summed E-state index contributed by atoms with van der Waals surface area (Å²) < 4.78 is 5.52. The minimum Gasteiger partial charge on any atom is -0.422 e. The van der Waals surface area contributed by atoms with Gasteiger partial charge in [0.2, 0.25) is 0 Å². The average molecular weight is 484 g/mol. The van der Waals surface area contributed by atoms with Crippen molar-refractivity contribution in [2.24, 2.45) is 0 Å². The van der Waals surface area contributed by atoms with Gasteiger partial charge in [-0.25, -0.2) is 4.79 Å². The summed E-state index contributed by atoms with van der Waals surface area (Å²) in [7, 11) is 0. The summed E-state index contributed by atoms with van der Waals surface area (Å²) in [6.45, 7) is 0.177.